The molecule has 0 saturated heterocycles. The quantitative estimate of drug-likeness (QED) is 0.830. The van der Waals surface area contributed by atoms with E-state index < -0.39 is 5.97 Å². The number of aromatic nitrogens is 3. The lowest BCUT2D eigenvalue weighted by atomic mass is 10.4. The number of carbonyl (C=O) groups excluding carboxylic acids is 1. The highest BCUT2D eigenvalue weighted by atomic mass is 16.5. The van der Waals surface area contributed by atoms with Gasteiger partial charge in [0.25, 0.3) is 6.01 Å². The van der Waals surface area contributed by atoms with E-state index >= 15 is 0 Å². The van der Waals surface area contributed by atoms with Crippen LogP contribution in [0.4, 0.5) is 11.7 Å². The smallest absolute Gasteiger partial charge is 0.360 e. The minimum Gasteiger partial charge on any atom is -0.461 e. The van der Waals surface area contributed by atoms with Gasteiger partial charge < -0.3 is 14.5 Å². The molecular weight excluding hydrogens is 236 g/mol. The van der Waals surface area contributed by atoms with Crippen LogP contribution in [0, 0.1) is 6.92 Å². The number of anilines is 2. The molecule has 0 aliphatic rings. The molecule has 96 valence electrons. The Hall–Kier alpha value is -2.31. The standard InChI is InChI=1S/C11H14N4O3/c1-4-17-10(16)9-6-18-11(13-9)12-8-5-15(3)14-7(8)2/h5-6H,4H2,1-3H3,(H,12,13). The molecule has 0 saturated carbocycles. The Bertz CT molecular complexity index is 558. The van der Waals surface area contributed by atoms with Gasteiger partial charge in [0.1, 0.15) is 6.26 Å². The van der Waals surface area contributed by atoms with Crippen LogP contribution in [0.1, 0.15) is 23.1 Å². The average Bonchev–Trinajstić information content (AvgIpc) is 2.88. The highest BCUT2D eigenvalue weighted by molar-refractivity contribution is 5.87. The van der Waals surface area contributed by atoms with Gasteiger partial charge in [0, 0.05) is 13.2 Å². The summed E-state index contributed by atoms with van der Waals surface area (Å²) in [5.41, 5.74) is 1.73. The monoisotopic (exact) mass is 250 g/mol. The molecule has 2 heterocycles. The molecule has 7 heteroatoms. The number of esters is 1. The Balaban J connectivity index is 2.11. The first kappa shape index (κ1) is 12.2. The van der Waals surface area contributed by atoms with Crippen LogP contribution in [0.3, 0.4) is 0 Å². The fourth-order valence-electron chi connectivity index (χ4n) is 1.47. The largest absolute Gasteiger partial charge is 0.461 e. The van der Waals surface area contributed by atoms with Gasteiger partial charge in [0.05, 0.1) is 18.0 Å². The van der Waals surface area contributed by atoms with E-state index in [1.807, 2.05) is 14.0 Å². The van der Waals surface area contributed by atoms with Crippen LogP contribution in [-0.2, 0) is 11.8 Å². The molecule has 0 bridgehead atoms. The van der Waals surface area contributed by atoms with Gasteiger partial charge in [0.15, 0.2) is 5.69 Å². The minimum absolute atomic E-state index is 0.140. The number of hydrogen-bond donors (Lipinski definition) is 1. The third-order valence-electron chi connectivity index (χ3n) is 2.24. The summed E-state index contributed by atoms with van der Waals surface area (Å²) in [6.07, 6.45) is 3.05. The lowest BCUT2D eigenvalue weighted by Gasteiger charge is -1.97. The molecule has 0 fully saturated rings. The van der Waals surface area contributed by atoms with Crippen LogP contribution >= 0.6 is 0 Å². The number of rotatable bonds is 4. The molecule has 0 atom stereocenters. The van der Waals surface area contributed by atoms with Gasteiger partial charge in [-0.15, -0.1) is 0 Å². The van der Waals surface area contributed by atoms with Gasteiger partial charge in [-0.1, -0.05) is 0 Å². The second kappa shape index (κ2) is 4.91. The summed E-state index contributed by atoms with van der Waals surface area (Å²) >= 11 is 0. The van der Waals surface area contributed by atoms with Crippen LogP contribution in [0.25, 0.3) is 0 Å². The second-order valence-corrected chi connectivity index (χ2v) is 3.69. The SMILES string of the molecule is CCOC(=O)c1coc(Nc2cn(C)nc2C)n1. The molecule has 2 aromatic heterocycles. The zero-order chi connectivity index (χ0) is 13.1. The number of hydrogen-bond acceptors (Lipinski definition) is 6. The molecule has 18 heavy (non-hydrogen) atoms. The van der Waals surface area contributed by atoms with E-state index in [2.05, 4.69) is 15.4 Å². The van der Waals surface area contributed by atoms with Crippen molar-refractivity contribution < 1.29 is 13.9 Å². The first-order valence-corrected chi connectivity index (χ1v) is 5.50. The van der Waals surface area contributed by atoms with Crippen molar-refractivity contribution in [2.24, 2.45) is 7.05 Å². The van der Waals surface area contributed by atoms with E-state index in [1.165, 1.54) is 6.26 Å². The van der Waals surface area contributed by atoms with Gasteiger partial charge in [-0.2, -0.15) is 10.1 Å². The van der Waals surface area contributed by atoms with Gasteiger partial charge in [-0.25, -0.2) is 4.79 Å². The molecule has 0 unspecified atom stereocenters. The van der Waals surface area contributed by atoms with Crippen LogP contribution in [0.2, 0.25) is 0 Å². The van der Waals surface area contributed by atoms with E-state index in [0.717, 1.165) is 11.4 Å². The van der Waals surface area contributed by atoms with Crippen LogP contribution < -0.4 is 5.32 Å². The Kier molecular flexibility index (Phi) is 3.31. The number of nitrogens with one attached hydrogen (secondary N) is 1. The Morgan fingerprint density at radius 3 is 3.00 bits per heavy atom. The molecule has 1 N–H and O–H groups in total. The predicted molar refractivity (Wildman–Crippen MR) is 63.7 cm³/mol. The summed E-state index contributed by atoms with van der Waals surface area (Å²) in [6.45, 7) is 3.89. The van der Waals surface area contributed by atoms with Crippen molar-refractivity contribution in [3.8, 4) is 0 Å². The molecule has 0 radical (unpaired) electrons. The van der Waals surface area contributed by atoms with Crippen molar-refractivity contribution in [3.05, 3.63) is 23.8 Å². The molecule has 0 aliphatic carbocycles. The molecule has 7 nitrogen and oxygen atoms in total. The highest BCUT2D eigenvalue weighted by Gasteiger charge is 2.14. The lowest BCUT2D eigenvalue weighted by Crippen LogP contribution is -2.05. The number of nitrogens with zero attached hydrogens (tertiary/aromatic N) is 3. The zero-order valence-electron chi connectivity index (χ0n) is 10.4. The fraction of sp³-hybridized carbons (Fsp3) is 0.364. The third kappa shape index (κ3) is 2.50. The fourth-order valence-corrected chi connectivity index (χ4v) is 1.47. The summed E-state index contributed by atoms with van der Waals surface area (Å²) in [5.74, 6) is -0.503. The average molecular weight is 250 g/mol. The van der Waals surface area contributed by atoms with Crippen LogP contribution in [0.15, 0.2) is 16.9 Å². The van der Waals surface area contributed by atoms with Gasteiger partial charge in [-0.3, -0.25) is 4.68 Å². The van der Waals surface area contributed by atoms with Crippen molar-refractivity contribution >= 4 is 17.7 Å². The molecule has 0 spiro atoms. The van der Waals surface area contributed by atoms with Crippen molar-refractivity contribution in [1.82, 2.24) is 14.8 Å². The number of carbonyl (C=O) groups is 1. The molecule has 2 rings (SSSR count). The first-order valence-electron chi connectivity index (χ1n) is 5.50. The Labute approximate surface area is 104 Å². The van der Waals surface area contributed by atoms with Gasteiger partial charge in [-0.05, 0) is 13.8 Å². The maximum atomic E-state index is 11.4. The first-order chi connectivity index (χ1) is 8.60. The normalized spacial score (nSPS) is 10.4. The molecule has 0 amide bonds. The molecule has 0 aromatic carbocycles. The summed E-state index contributed by atoms with van der Waals surface area (Å²) in [5, 5.41) is 7.11. The van der Waals surface area contributed by atoms with Crippen LogP contribution in [-0.4, -0.2) is 27.3 Å². The third-order valence-corrected chi connectivity index (χ3v) is 2.24. The van der Waals surface area contributed by atoms with E-state index in [-0.39, 0.29) is 11.7 Å². The molecule has 2 aromatic rings. The number of aryl methyl sites for hydroxylation is 2. The van der Waals surface area contributed by atoms with Crippen molar-refractivity contribution in [3.63, 3.8) is 0 Å². The van der Waals surface area contributed by atoms with E-state index in [1.54, 1.807) is 17.8 Å². The summed E-state index contributed by atoms with van der Waals surface area (Å²) < 4.78 is 11.6. The van der Waals surface area contributed by atoms with Crippen LogP contribution in [0.5, 0.6) is 0 Å². The predicted octanol–water partition coefficient (Wildman–Crippen LogP) is 1.64. The van der Waals surface area contributed by atoms with Crippen molar-refractivity contribution in [2.75, 3.05) is 11.9 Å². The zero-order valence-corrected chi connectivity index (χ0v) is 10.4. The summed E-state index contributed by atoms with van der Waals surface area (Å²) in [6, 6.07) is 0.231. The molecule has 0 aliphatic heterocycles. The Morgan fingerprint density at radius 1 is 1.61 bits per heavy atom. The van der Waals surface area contributed by atoms with Gasteiger partial charge in [0.2, 0.25) is 0 Å². The van der Waals surface area contributed by atoms with E-state index in [4.69, 9.17) is 9.15 Å². The Morgan fingerprint density at radius 2 is 2.39 bits per heavy atom. The number of ether oxygens (including phenoxy) is 1. The highest BCUT2D eigenvalue weighted by Crippen LogP contribution is 2.18. The minimum atomic E-state index is -0.503. The lowest BCUT2D eigenvalue weighted by molar-refractivity contribution is 0.0519. The maximum Gasteiger partial charge on any atom is 0.360 e. The van der Waals surface area contributed by atoms with Crippen molar-refractivity contribution in [1.29, 1.82) is 0 Å². The number of oxazole rings is 1. The maximum absolute atomic E-state index is 11.4. The summed E-state index contributed by atoms with van der Waals surface area (Å²) in [7, 11) is 1.82. The van der Waals surface area contributed by atoms with E-state index in [0.29, 0.717) is 6.61 Å². The topological polar surface area (TPSA) is 82.2 Å². The second-order valence-electron chi connectivity index (χ2n) is 3.69. The van der Waals surface area contributed by atoms with E-state index in [9.17, 15) is 4.79 Å². The van der Waals surface area contributed by atoms with Crippen molar-refractivity contribution in [2.45, 2.75) is 13.8 Å². The summed E-state index contributed by atoms with van der Waals surface area (Å²) in [4.78, 5) is 15.4. The van der Waals surface area contributed by atoms with Gasteiger partial charge >= 0.3 is 5.97 Å². The molecular formula is C11H14N4O3.